The molecule has 0 aliphatic heterocycles. The maximum Gasteiger partial charge on any atom is 0.177 e. The minimum Gasteiger partial charge on any atom is -0.388 e. The molecule has 1 N–H and O–H groups in total. The molecule has 0 saturated carbocycles. The highest BCUT2D eigenvalue weighted by molar-refractivity contribution is 5.24. The van der Waals surface area contributed by atoms with Gasteiger partial charge in [-0.15, -0.1) is 10.2 Å². The molecule has 6 heteroatoms. The summed E-state index contributed by atoms with van der Waals surface area (Å²) in [5, 5.41) is 21.7. The summed E-state index contributed by atoms with van der Waals surface area (Å²) in [6.07, 6.45) is -0.299. The normalized spacial score (nSPS) is 12.7. The van der Waals surface area contributed by atoms with Gasteiger partial charge < -0.3 is 5.11 Å². The van der Waals surface area contributed by atoms with Gasteiger partial charge in [0.25, 0.3) is 0 Å². The quantitative estimate of drug-likeness (QED) is 0.835. The van der Waals surface area contributed by atoms with Crippen LogP contribution in [0.1, 0.15) is 28.9 Å². The first-order valence-corrected chi connectivity index (χ1v) is 5.41. The van der Waals surface area contributed by atoms with Gasteiger partial charge in [0.15, 0.2) is 5.82 Å². The summed E-state index contributed by atoms with van der Waals surface area (Å²) in [7, 11) is 1.70. The molecule has 0 radical (unpaired) electrons. The number of aliphatic hydroxyl groups excluding tert-OH is 1. The number of rotatable bonds is 3. The van der Waals surface area contributed by atoms with Gasteiger partial charge in [0, 0.05) is 23.4 Å². The van der Waals surface area contributed by atoms with Crippen LogP contribution in [-0.2, 0) is 13.5 Å². The van der Waals surface area contributed by atoms with Crippen LogP contribution in [0.5, 0.6) is 0 Å². The second-order valence-corrected chi connectivity index (χ2v) is 4.04. The topological polar surface area (TPSA) is 76.7 Å². The molecular weight excluding hydrogens is 218 g/mol. The highest BCUT2D eigenvalue weighted by atomic mass is 16.3. The van der Waals surface area contributed by atoms with Gasteiger partial charge in [-0.1, -0.05) is 6.07 Å². The minimum absolute atomic E-state index is 0.347. The Balaban J connectivity index is 2.17. The molecular formula is C11H15N5O. The number of aryl methyl sites for hydroxylation is 3. The number of tetrazole rings is 1. The van der Waals surface area contributed by atoms with Crippen molar-refractivity contribution >= 4 is 0 Å². The highest BCUT2D eigenvalue weighted by Crippen LogP contribution is 2.19. The maximum atomic E-state index is 10.1. The van der Waals surface area contributed by atoms with Gasteiger partial charge in [-0.05, 0) is 25.1 Å². The van der Waals surface area contributed by atoms with Crippen LogP contribution in [-0.4, -0.2) is 30.3 Å². The van der Waals surface area contributed by atoms with Crippen LogP contribution in [0.4, 0.5) is 0 Å². The average Bonchev–Trinajstić information content (AvgIpc) is 2.63. The molecule has 0 fully saturated rings. The van der Waals surface area contributed by atoms with E-state index in [1.54, 1.807) is 7.05 Å². The van der Waals surface area contributed by atoms with Gasteiger partial charge in [0.2, 0.25) is 0 Å². The van der Waals surface area contributed by atoms with Crippen LogP contribution in [0.15, 0.2) is 12.1 Å². The summed E-state index contributed by atoms with van der Waals surface area (Å²) in [6, 6.07) is 3.77. The lowest BCUT2D eigenvalue weighted by atomic mass is 10.0. The Labute approximate surface area is 99.3 Å². The zero-order valence-corrected chi connectivity index (χ0v) is 10.1. The molecule has 0 bridgehead atoms. The van der Waals surface area contributed by atoms with Crippen LogP contribution >= 0.6 is 0 Å². The van der Waals surface area contributed by atoms with Crippen molar-refractivity contribution in [2.45, 2.75) is 26.4 Å². The van der Waals surface area contributed by atoms with E-state index in [0.717, 1.165) is 17.0 Å². The summed E-state index contributed by atoms with van der Waals surface area (Å²) in [4.78, 5) is 5.70. The van der Waals surface area contributed by atoms with Crippen LogP contribution < -0.4 is 0 Å². The zero-order chi connectivity index (χ0) is 12.4. The first-order chi connectivity index (χ1) is 8.06. The molecule has 0 amide bonds. The number of hydrogen-bond donors (Lipinski definition) is 1. The minimum atomic E-state index is -0.646. The molecule has 2 rings (SSSR count). The molecule has 0 aliphatic carbocycles. The lowest BCUT2D eigenvalue weighted by Gasteiger charge is -2.11. The van der Waals surface area contributed by atoms with Crippen LogP contribution in [0, 0.1) is 13.8 Å². The molecule has 6 nitrogen and oxygen atoms in total. The highest BCUT2D eigenvalue weighted by Gasteiger charge is 2.14. The Morgan fingerprint density at radius 2 is 2.12 bits per heavy atom. The Kier molecular flexibility index (Phi) is 3.14. The van der Waals surface area contributed by atoms with Crippen molar-refractivity contribution in [2.75, 3.05) is 0 Å². The second kappa shape index (κ2) is 4.58. The molecule has 2 aromatic rings. The number of nitrogens with zero attached hydrogens (tertiary/aromatic N) is 5. The number of hydrogen-bond acceptors (Lipinski definition) is 5. The third-order valence-electron chi connectivity index (χ3n) is 2.55. The Morgan fingerprint density at radius 3 is 2.71 bits per heavy atom. The Hall–Kier alpha value is -1.82. The summed E-state index contributed by atoms with van der Waals surface area (Å²) < 4.78 is 0. The summed E-state index contributed by atoms with van der Waals surface area (Å²) in [6.45, 7) is 3.81. The molecule has 1 unspecified atom stereocenters. The third kappa shape index (κ3) is 2.65. The SMILES string of the molecule is Cc1ccc(C(O)Cc2nnn(C)n2)c(C)n1. The van der Waals surface area contributed by atoms with E-state index in [2.05, 4.69) is 20.4 Å². The first-order valence-electron chi connectivity index (χ1n) is 5.41. The van der Waals surface area contributed by atoms with Crippen molar-refractivity contribution in [1.82, 2.24) is 25.2 Å². The van der Waals surface area contributed by atoms with Crippen molar-refractivity contribution < 1.29 is 5.11 Å². The van der Waals surface area contributed by atoms with E-state index in [1.165, 1.54) is 4.80 Å². The summed E-state index contributed by atoms with van der Waals surface area (Å²) in [5.74, 6) is 0.528. The first kappa shape index (κ1) is 11.7. The van der Waals surface area contributed by atoms with Crippen molar-refractivity contribution in [3.05, 3.63) is 34.9 Å². The Bertz CT molecular complexity index is 522. The van der Waals surface area contributed by atoms with Crippen LogP contribution in [0.3, 0.4) is 0 Å². The van der Waals surface area contributed by atoms with Crippen molar-refractivity contribution in [2.24, 2.45) is 7.05 Å². The molecule has 0 aliphatic rings. The molecule has 1 atom stereocenters. The molecule has 0 aromatic carbocycles. The number of pyridine rings is 1. The molecule has 2 heterocycles. The van der Waals surface area contributed by atoms with Gasteiger partial charge in [-0.25, -0.2) is 0 Å². The second-order valence-electron chi connectivity index (χ2n) is 4.04. The fourth-order valence-electron chi connectivity index (χ4n) is 1.74. The van der Waals surface area contributed by atoms with Crippen molar-refractivity contribution in [3.63, 3.8) is 0 Å². The van der Waals surface area contributed by atoms with E-state index >= 15 is 0 Å². The molecule has 90 valence electrons. The van der Waals surface area contributed by atoms with E-state index in [4.69, 9.17) is 0 Å². The van der Waals surface area contributed by atoms with Gasteiger partial charge in [-0.3, -0.25) is 4.98 Å². The zero-order valence-electron chi connectivity index (χ0n) is 10.1. The van der Waals surface area contributed by atoms with E-state index < -0.39 is 6.10 Å². The van der Waals surface area contributed by atoms with Gasteiger partial charge in [0.1, 0.15) is 0 Å². The fraction of sp³-hybridized carbons (Fsp3) is 0.455. The fourth-order valence-corrected chi connectivity index (χ4v) is 1.74. The van der Waals surface area contributed by atoms with Gasteiger partial charge >= 0.3 is 0 Å². The van der Waals surface area contributed by atoms with Crippen LogP contribution in [0.2, 0.25) is 0 Å². The van der Waals surface area contributed by atoms with Crippen molar-refractivity contribution in [3.8, 4) is 0 Å². The molecule has 0 spiro atoms. The standard InChI is InChI=1S/C11H15N5O/c1-7-4-5-9(8(2)12-7)10(17)6-11-13-15-16(3)14-11/h4-5,10,17H,6H2,1-3H3. The predicted molar refractivity (Wildman–Crippen MR) is 61.2 cm³/mol. The monoisotopic (exact) mass is 233 g/mol. The predicted octanol–water partition coefficient (Wildman–Crippen LogP) is 0.498. The average molecular weight is 233 g/mol. The molecule has 2 aromatic heterocycles. The summed E-state index contributed by atoms with van der Waals surface area (Å²) in [5.41, 5.74) is 2.58. The van der Waals surface area contributed by atoms with Crippen LogP contribution in [0.25, 0.3) is 0 Å². The van der Waals surface area contributed by atoms with E-state index in [1.807, 2.05) is 26.0 Å². The Morgan fingerprint density at radius 1 is 1.35 bits per heavy atom. The lowest BCUT2D eigenvalue weighted by molar-refractivity contribution is 0.174. The number of aromatic nitrogens is 5. The van der Waals surface area contributed by atoms with Gasteiger partial charge in [0.05, 0.1) is 13.2 Å². The van der Waals surface area contributed by atoms with Gasteiger partial charge in [-0.2, -0.15) is 4.80 Å². The summed E-state index contributed by atoms with van der Waals surface area (Å²) >= 11 is 0. The molecule has 17 heavy (non-hydrogen) atoms. The van der Waals surface area contributed by atoms with E-state index in [9.17, 15) is 5.11 Å². The lowest BCUT2D eigenvalue weighted by Crippen LogP contribution is -2.07. The van der Waals surface area contributed by atoms with E-state index in [0.29, 0.717) is 12.2 Å². The molecule has 0 saturated heterocycles. The third-order valence-corrected chi connectivity index (χ3v) is 2.55. The smallest absolute Gasteiger partial charge is 0.177 e. The number of aliphatic hydroxyl groups is 1. The van der Waals surface area contributed by atoms with Crippen molar-refractivity contribution in [1.29, 1.82) is 0 Å². The maximum absolute atomic E-state index is 10.1. The van der Waals surface area contributed by atoms with E-state index in [-0.39, 0.29) is 0 Å². The largest absolute Gasteiger partial charge is 0.388 e.